The van der Waals surface area contributed by atoms with E-state index in [4.69, 9.17) is 0 Å². The molecule has 0 amide bonds. The molecule has 0 saturated heterocycles. The molecule has 0 spiro atoms. The van der Waals surface area contributed by atoms with Crippen LogP contribution in [0.2, 0.25) is 0 Å². The van der Waals surface area contributed by atoms with Crippen LogP contribution in [0.4, 0.5) is 8.78 Å². The fourth-order valence-electron chi connectivity index (χ4n) is 3.80. The van der Waals surface area contributed by atoms with Crippen LogP contribution in [0.3, 0.4) is 0 Å². The van der Waals surface area contributed by atoms with Gasteiger partial charge in [0.1, 0.15) is 0 Å². The molecule has 0 aliphatic carbocycles. The van der Waals surface area contributed by atoms with Crippen LogP contribution in [0, 0.1) is 28.9 Å². The van der Waals surface area contributed by atoms with Crippen LogP contribution >= 0.6 is 0 Å². The zero-order chi connectivity index (χ0) is 20.6. The summed E-state index contributed by atoms with van der Waals surface area (Å²) in [6, 6.07) is 16.6. The van der Waals surface area contributed by atoms with E-state index >= 15 is 0 Å². The number of hydrogen-bond acceptors (Lipinski definition) is 2. The van der Waals surface area contributed by atoms with Crippen molar-refractivity contribution in [2.45, 2.75) is 52.0 Å². The lowest BCUT2D eigenvalue weighted by Gasteiger charge is -2.32. The van der Waals surface area contributed by atoms with Crippen molar-refractivity contribution in [3.63, 3.8) is 0 Å². The fourth-order valence-corrected chi connectivity index (χ4v) is 3.80. The molecule has 0 bridgehead atoms. The molecule has 2 aromatic carbocycles. The maximum atomic E-state index is 13.8. The summed E-state index contributed by atoms with van der Waals surface area (Å²) < 4.78 is 27.2. The quantitative estimate of drug-likeness (QED) is 0.497. The van der Waals surface area contributed by atoms with Gasteiger partial charge in [0.05, 0.1) is 11.5 Å². The molecule has 2 nitrogen and oxygen atoms in total. The number of nitriles is 1. The summed E-state index contributed by atoms with van der Waals surface area (Å²) in [5.74, 6) is -1.78. The average Bonchev–Trinajstić information content (AvgIpc) is 2.68. The minimum Gasteiger partial charge on any atom is -0.299 e. The molecule has 0 fully saturated rings. The molecule has 2 aromatic rings. The lowest BCUT2D eigenvalue weighted by atomic mass is 9.70. The van der Waals surface area contributed by atoms with E-state index in [1.165, 1.54) is 11.6 Å². The second-order valence-electron chi connectivity index (χ2n) is 7.73. The summed E-state index contributed by atoms with van der Waals surface area (Å²) in [4.78, 5) is 2.39. The van der Waals surface area contributed by atoms with Crippen LogP contribution in [0.1, 0.15) is 51.2 Å². The molecule has 0 saturated carbocycles. The van der Waals surface area contributed by atoms with Gasteiger partial charge in [-0.2, -0.15) is 5.26 Å². The Hall–Kier alpha value is -2.25. The normalized spacial score (nSPS) is 13.5. The number of hydrogen-bond donors (Lipinski definition) is 0. The van der Waals surface area contributed by atoms with Gasteiger partial charge in [0.25, 0.3) is 0 Å². The van der Waals surface area contributed by atoms with E-state index in [-0.39, 0.29) is 5.92 Å². The van der Waals surface area contributed by atoms with Crippen LogP contribution in [0.25, 0.3) is 0 Å². The highest BCUT2D eigenvalue weighted by Gasteiger charge is 2.36. The summed E-state index contributed by atoms with van der Waals surface area (Å²) in [5, 5.41) is 9.98. The first-order valence-electron chi connectivity index (χ1n) is 10.1. The zero-order valence-electron chi connectivity index (χ0n) is 17.1. The molecule has 1 unspecified atom stereocenters. The van der Waals surface area contributed by atoms with Crippen LogP contribution < -0.4 is 0 Å². The second-order valence-corrected chi connectivity index (χ2v) is 7.73. The first-order chi connectivity index (χ1) is 13.4. The highest BCUT2D eigenvalue weighted by atomic mass is 19.2. The first kappa shape index (κ1) is 22.0. The number of halogens is 2. The van der Waals surface area contributed by atoms with Crippen LogP contribution in [-0.2, 0) is 12.0 Å². The van der Waals surface area contributed by atoms with Gasteiger partial charge in [0, 0.05) is 6.54 Å². The molecule has 0 radical (unpaired) electrons. The third-order valence-electron chi connectivity index (χ3n) is 5.45. The van der Waals surface area contributed by atoms with E-state index in [0.717, 1.165) is 38.5 Å². The van der Waals surface area contributed by atoms with E-state index < -0.39 is 17.0 Å². The van der Waals surface area contributed by atoms with Gasteiger partial charge in [-0.25, -0.2) is 8.78 Å². The highest BCUT2D eigenvalue weighted by molar-refractivity contribution is 5.34. The molecule has 4 heteroatoms. The predicted molar refractivity (Wildman–Crippen MR) is 110 cm³/mol. The Morgan fingerprint density at radius 3 is 2.32 bits per heavy atom. The standard InChI is InChI=1S/C24H30F2N2/c1-4-14-28(17-20-9-6-5-7-10-20)15-8-13-24(18-27,19(2)3)21-11-12-22(25)23(26)16-21/h5-7,9-12,16,19H,4,8,13-15,17H2,1-3H3. The van der Waals surface area contributed by atoms with Crippen molar-refractivity contribution < 1.29 is 8.78 Å². The van der Waals surface area contributed by atoms with Crippen molar-refractivity contribution in [3.8, 4) is 6.07 Å². The molecular weight excluding hydrogens is 354 g/mol. The highest BCUT2D eigenvalue weighted by Crippen LogP contribution is 2.37. The monoisotopic (exact) mass is 384 g/mol. The summed E-state index contributed by atoms with van der Waals surface area (Å²) >= 11 is 0. The van der Waals surface area contributed by atoms with E-state index in [0.29, 0.717) is 12.0 Å². The average molecular weight is 385 g/mol. The smallest absolute Gasteiger partial charge is 0.159 e. The zero-order valence-corrected chi connectivity index (χ0v) is 17.1. The van der Waals surface area contributed by atoms with Gasteiger partial charge in [-0.3, -0.25) is 4.90 Å². The van der Waals surface area contributed by atoms with Gasteiger partial charge in [0.15, 0.2) is 11.6 Å². The summed E-state index contributed by atoms with van der Waals surface area (Å²) in [7, 11) is 0. The van der Waals surface area contributed by atoms with Crippen LogP contribution in [-0.4, -0.2) is 18.0 Å². The van der Waals surface area contributed by atoms with E-state index in [1.807, 2.05) is 32.0 Å². The molecule has 0 heterocycles. The summed E-state index contributed by atoms with van der Waals surface area (Å²) in [6.07, 6.45) is 2.49. The third kappa shape index (κ3) is 5.39. The summed E-state index contributed by atoms with van der Waals surface area (Å²) in [5.41, 5.74) is 1.01. The molecule has 0 N–H and O–H groups in total. The van der Waals surface area contributed by atoms with Gasteiger partial charge in [0.2, 0.25) is 0 Å². The van der Waals surface area contributed by atoms with Gasteiger partial charge < -0.3 is 0 Å². The minimum atomic E-state index is -0.894. The largest absolute Gasteiger partial charge is 0.299 e. The topological polar surface area (TPSA) is 27.0 Å². The van der Waals surface area contributed by atoms with Gasteiger partial charge in [-0.05, 0) is 61.5 Å². The number of rotatable bonds is 10. The van der Waals surface area contributed by atoms with Crippen molar-refractivity contribution in [2.75, 3.05) is 13.1 Å². The molecular formula is C24H30F2N2. The second kappa shape index (κ2) is 10.3. The third-order valence-corrected chi connectivity index (χ3v) is 5.45. The van der Waals surface area contributed by atoms with Gasteiger partial charge in [-0.15, -0.1) is 0 Å². The van der Waals surface area contributed by atoms with Gasteiger partial charge in [-0.1, -0.05) is 57.2 Å². The Kier molecular flexibility index (Phi) is 8.14. The predicted octanol–water partition coefficient (Wildman–Crippen LogP) is 6.07. The van der Waals surface area contributed by atoms with Crippen molar-refractivity contribution in [3.05, 3.63) is 71.3 Å². The molecule has 0 aliphatic heterocycles. The Morgan fingerprint density at radius 1 is 1.04 bits per heavy atom. The van der Waals surface area contributed by atoms with Crippen LogP contribution in [0.5, 0.6) is 0 Å². The van der Waals surface area contributed by atoms with E-state index in [1.54, 1.807) is 6.07 Å². The molecule has 150 valence electrons. The first-order valence-corrected chi connectivity index (χ1v) is 10.1. The molecule has 2 rings (SSSR count). The Labute approximate surface area is 167 Å². The van der Waals surface area contributed by atoms with E-state index in [9.17, 15) is 14.0 Å². The van der Waals surface area contributed by atoms with Crippen LogP contribution in [0.15, 0.2) is 48.5 Å². The lowest BCUT2D eigenvalue weighted by Crippen LogP contribution is -2.33. The summed E-state index contributed by atoms with van der Waals surface area (Å²) in [6.45, 7) is 8.83. The van der Waals surface area contributed by atoms with Gasteiger partial charge >= 0.3 is 0 Å². The van der Waals surface area contributed by atoms with Crippen molar-refractivity contribution in [1.29, 1.82) is 5.26 Å². The van der Waals surface area contributed by atoms with Crippen molar-refractivity contribution in [1.82, 2.24) is 4.90 Å². The Bertz CT molecular complexity index is 783. The van der Waals surface area contributed by atoms with Crippen molar-refractivity contribution >= 4 is 0 Å². The Balaban J connectivity index is 2.11. The van der Waals surface area contributed by atoms with Crippen molar-refractivity contribution in [2.24, 2.45) is 5.92 Å². The lowest BCUT2D eigenvalue weighted by molar-refractivity contribution is 0.244. The number of benzene rings is 2. The molecule has 0 aliphatic rings. The maximum absolute atomic E-state index is 13.8. The fraction of sp³-hybridized carbons (Fsp3) is 0.458. The molecule has 28 heavy (non-hydrogen) atoms. The SMILES string of the molecule is CCCN(CCCC(C#N)(c1ccc(F)c(F)c1)C(C)C)Cc1ccccc1. The molecule has 1 atom stereocenters. The van der Waals surface area contributed by atoms with E-state index in [2.05, 4.69) is 30.0 Å². The maximum Gasteiger partial charge on any atom is 0.159 e. The number of nitrogens with zero attached hydrogens (tertiary/aromatic N) is 2. The Morgan fingerprint density at radius 2 is 1.75 bits per heavy atom. The minimum absolute atomic E-state index is 0.00360. The molecule has 0 aromatic heterocycles.